The lowest BCUT2D eigenvalue weighted by molar-refractivity contribution is 0.100. The van der Waals surface area contributed by atoms with Crippen LogP contribution in [-0.2, 0) is 6.42 Å². The second-order valence-corrected chi connectivity index (χ2v) is 6.48. The van der Waals surface area contributed by atoms with Gasteiger partial charge in [0.1, 0.15) is 0 Å². The first-order valence-corrected chi connectivity index (χ1v) is 8.85. The number of anilines is 1. The van der Waals surface area contributed by atoms with Gasteiger partial charge < -0.3 is 16.4 Å². The number of primary amides is 1. The predicted molar refractivity (Wildman–Crippen MR) is 102 cm³/mol. The van der Waals surface area contributed by atoms with Crippen molar-refractivity contribution in [3.05, 3.63) is 65.7 Å². The van der Waals surface area contributed by atoms with Crippen molar-refractivity contribution in [3.8, 4) is 0 Å². The minimum absolute atomic E-state index is 0.395. The van der Waals surface area contributed by atoms with Gasteiger partial charge in [-0.2, -0.15) is 0 Å². The topological polar surface area (TPSA) is 70.4 Å². The van der Waals surface area contributed by atoms with E-state index < -0.39 is 5.91 Å². The van der Waals surface area contributed by atoms with Gasteiger partial charge in [0, 0.05) is 44.5 Å². The Morgan fingerprint density at radius 3 is 2.72 bits per heavy atom. The lowest BCUT2D eigenvalue weighted by atomic mass is 10.0. The number of para-hydroxylation sites is 1. The van der Waals surface area contributed by atoms with Gasteiger partial charge in [-0.15, -0.1) is 0 Å². The van der Waals surface area contributed by atoms with Crippen LogP contribution < -0.4 is 16.4 Å². The zero-order chi connectivity index (χ0) is 17.5. The number of benzene rings is 2. The number of hydrogen-bond donors (Lipinski definition) is 3. The Morgan fingerprint density at radius 1 is 1.16 bits per heavy atom. The van der Waals surface area contributed by atoms with E-state index in [1.54, 1.807) is 6.07 Å². The Labute approximate surface area is 149 Å². The molecule has 1 fully saturated rings. The monoisotopic (exact) mass is 338 g/mol. The average Bonchev–Trinajstić information content (AvgIpc) is 2.63. The van der Waals surface area contributed by atoms with Gasteiger partial charge >= 0.3 is 0 Å². The molecule has 1 aliphatic rings. The summed E-state index contributed by atoms with van der Waals surface area (Å²) in [4.78, 5) is 13.9. The molecule has 0 radical (unpaired) electrons. The van der Waals surface area contributed by atoms with E-state index in [0.717, 1.165) is 44.8 Å². The fraction of sp³-hybridized carbons (Fsp3) is 0.350. The number of piperazine rings is 1. The molecule has 25 heavy (non-hydrogen) atoms. The fourth-order valence-electron chi connectivity index (χ4n) is 3.33. The number of rotatable bonds is 7. The highest BCUT2D eigenvalue weighted by Gasteiger charge is 2.19. The molecule has 0 aromatic heterocycles. The molecular weight excluding hydrogens is 312 g/mol. The number of hydrogen-bond acceptors (Lipinski definition) is 4. The first-order chi connectivity index (χ1) is 12.2. The minimum atomic E-state index is -0.395. The van der Waals surface area contributed by atoms with Crippen molar-refractivity contribution in [2.75, 3.05) is 38.0 Å². The van der Waals surface area contributed by atoms with Crippen molar-refractivity contribution in [3.63, 3.8) is 0 Å². The van der Waals surface area contributed by atoms with E-state index >= 15 is 0 Å². The van der Waals surface area contributed by atoms with E-state index in [0.29, 0.717) is 11.6 Å². The fourth-order valence-corrected chi connectivity index (χ4v) is 3.33. The molecule has 0 spiro atoms. The second kappa shape index (κ2) is 8.65. The molecule has 0 aliphatic carbocycles. The maximum atomic E-state index is 11.5. The molecule has 1 aliphatic heterocycles. The summed E-state index contributed by atoms with van der Waals surface area (Å²) in [6.07, 6.45) is 1.05. The zero-order valence-corrected chi connectivity index (χ0v) is 14.4. The maximum Gasteiger partial charge on any atom is 0.250 e. The van der Waals surface area contributed by atoms with Crippen LogP contribution in [0, 0.1) is 0 Å². The molecule has 132 valence electrons. The summed E-state index contributed by atoms with van der Waals surface area (Å²) in [5, 5.41) is 6.95. The molecule has 5 nitrogen and oxygen atoms in total. The van der Waals surface area contributed by atoms with Crippen molar-refractivity contribution < 1.29 is 4.79 Å². The minimum Gasteiger partial charge on any atom is -0.383 e. The quantitative estimate of drug-likeness (QED) is 0.719. The van der Waals surface area contributed by atoms with Crippen LogP contribution in [0.4, 0.5) is 5.69 Å². The van der Waals surface area contributed by atoms with Gasteiger partial charge in [0.2, 0.25) is 0 Å². The van der Waals surface area contributed by atoms with Crippen LogP contribution in [0.25, 0.3) is 0 Å². The molecule has 5 heteroatoms. The van der Waals surface area contributed by atoms with Crippen LogP contribution in [-0.4, -0.2) is 49.6 Å². The van der Waals surface area contributed by atoms with Crippen molar-refractivity contribution >= 4 is 11.6 Å². The zero-order valence-electron chi connectivity index (χ0n) is 14.4. The first-order valence-electron chi connectivity index (χ1n) is 8.85. The number of nitrogens with one attached hydrogen (secondary N) is 2. The number of carbonyl (C=O) groups is 1. The average molecular weight is 338 g/mol. The first kappa shape index (κ1) is 17.5. The lowest BCUT2D eigenvalue weighted by Crippen LogP contribution is -2.52. The van der Waals surface area contributed by atoms with E-state index in [9.17, 15) is 4.79 Å². The predicted octanol–water partition coefficient (Wildman–Crippen LogP) is 1.71. The Bertz CT molecular complexity index is 689. The van der Waals surface area contributed by atoms with Gasteiger partial charge in [-0.3, -0.25) is 9.69 Å². The van der Waals surface area contributed by atoms with Crippen LogP contribution in [0.1, 0.15) is 15.9 Å². The Kier molecular flexibility index (Phi) is 6.04. The molecule has 2 aromatic rings. The Hall–Kier alpha value is -2.37. The van der Waals surface area contributed by atoms with Gasteiger partial charge in [0.25, 0.3) is 5.91 Å². The highest BCUT2D eigenvalue weighted by Crippen LogP contribution is 2.14. The Morgan fingerprint density at radius 2 is 1.92 bits per heavy atom. The van der Waals surface area contributed by atoms with E-state index in [1.807, 2.05) is 18.2 Å². The SMILES string of the molecule is NC(=O)c1ccccc1NCCN1CCNC(Cc2ccccc2)C1. The normalized spacial score (nSPS) is 18.0. The molecule has 0 saturated carbocycles. The summed E-state index contributed by atoms with van der Waals surface area (Å²) in [6, 6.07) is 18.5. The molecule has 0 bridgehead atoms. The number of amides is 1. The van der Waals surface area contributed by atoms with Gasteiger partial charge in [0.15, 0.2) is 0 Å². The molecule has 4 N–H and O–H groups in total. The summed E-state index contributed by atoms with van der Waals surface area (Å²) in [6.45, 7) is 4.83. The third-order valence-corrected chi connectivity index (χ3v) is 4.60. The van der Waals surface area contributed by atoms with Crippen molar-refractivity contribution in [2.24, 2.45) is 5.73 Å². The summed E-state index contributed by atoms with van der Waals surface area (Å²) in [5.74, 6) is -0.395. The van der Waals surface area contributed by atoms with Crippen LogP contribution in [0.3, 0.4) is 0 Å². The highest BCUT2D eigenvalue weighted by molar-refractivity contribution is 5.98. The van der Waals surface area contributed by atoms with E-state index in [-0.39, 0.29) is 0 Å². The third kappa shape index (κ3) is 5.05. The highest BCUT2D eigenvalue weighted by atomic mass is 16.1. The van der Waals surface area contributed by atoms with Crippen LogP contribution in [0.15, 0.2) is 54.6 Å². The number of carbonyl (C=O) groups excluding carboxylic acids is 1. The molecule has 1 amide bonds. The molecule has 1 heterocycles. The van der Waals surface area contributed by atoms with Gasteiger partial charge in [-0.05, 0) is 24.1 Å². The third-order valence-electron chi connectivity index (χ3n) is 4.60. The van der Waals surface area contributed by atoms with Crippen molar-refractivity contribution in [2.45, 2.75) is 12.5 Å². The van der Waals surface area contributed by atoms with Crippen LogP contribution in [0.5, 0.6) is 0 Å². The molecule has 2 aromatic carbocycles. The van der Waals surface area contributed by atoms with Gasteiger partial charge in [-0.1, -0.05) is 42.5 Å². The molecule has 1 unspecified atom stereocenters. The molecule has 1 saturated heterocycles. The van der Waals surface area contributed by atoms with Gasteiger partial charge in [-0.25, -0.2) is 0 Å². The number of nitrogens with zero attached hydrogens (tertiary/aromatic N) is 1. The number of nitrogens with two attached hydrogens (primary N) is 1. The smallest absolute Gasteiger partial charge is 0.250 e. The van der Waals surface area contributed by atoms with E-state index in [4.69, 9.17) is 5.73 Å². The maximum absolute atomic E-state index is 11.5. The summed E-state index contributed by atoms with van der Waals surface area (Å²) in [5.41, 5.74) is 8.15. The largest absolute Gasteiger partial charge is 0.383 e. The molecule has 3 rings (SSSR count). The van der Waals surface area contributed by atoms with Crippen LogP contribution >= 0.6 is 0 Å². The summed E-state index contributed by atoms with van der Waals surface area (Å²) >= 11 is 0. The molecular formula is C20H26N4O. The van der Waals surface area contributed by atoms with E-state index in [2.05, 4.69) is 45.9 Å². The summed E-state index contributed by atoms with van der Waals surface area (Å²) < 4.78 is 0. The van der Waals surface area contributed by atoms with Crippen molar-refractivity contribution in [1.82, 2.24) is 10.2 Å². The second-order valence-electron chi connectivity index (χ2n) is 6.48. The Balaban J connectivity index is 1.48. The lowest BCUT2D eigenvalue weighted by Gasteiger charge is -2.34. The standard InChI is InChI=1S/C20H26N4O/c21-20(25)18-8-4-5-9-19(18)23-11-13-24-12-10-22-17(15-24)14-16-6-2-1-3-7-16/h1-9,17,22-23H,10-15H2,(H2,21,25). The van der Waals surface area contributed by atoms with Crippen molar-refractivity contribution in [1.29, 1.82) is 0 Å². The molecule has 1 atom stereocenters. The van der Waals surface area contributed by atoms with Crippen LogP contribution in [0.2, 0.25) is 0 Å². The van der Waals surface area contributed by atoms with Gasteiger partial charge in [0.05, 0.1) is 5.56 Å². The summed E-state index contributed by atoms with van der Waals surface area (Å²) in [7, 11) is 0. The van der Waals surface area contributed by atoms with E-state index in [1.165, 1.54) is 5.56 Å².